The van der Waals surface area contributed by atoms with E-state index in [1.165, 1.54) is 37.1 Å². The summed E-state index contributed by atoms with van der Waals surface area (Å²) in [7, 11) is 1.31. The van der Waals surface area contributed by atoms with E-state index in [0.717, 1.165) is 0 Å². The molecule has 0 bridgehead atoms. The third-order valence-corrected chi connectivity index (χ3v) is 5.55. The zero-order chi connectivity index (χ0) is 23.7. The lowest BCUT2D eigenvalue weighted by Gasteiger charge is -2.43. The number of likely N-dealkylation sites (tertiary alicyclic amines) is 1. The summed E-state index contributed by atoms with van der Waals surface area (Å²) in [5.74, 6) is -2.23. The fourth-order valence-corrected chi connectivity index (χ4v) is 4.00. The average molecular weight is 486 g/mol. The lowest BCUT2D eigenvalue weighted by molar-refractivity contribution is -0.139. The van der Waals surface area contributed by atoms with Gasteiger partial charge in [0.1, 0.15) is 11.5 Å². The van der Waals surface area contributed by atoms with Crippen molar-refractivity contribution in [1.29, 1.82) is 0 Å². The molecule has 11 heteroatoms. The molecule has 3 amide bonds. The van der Waals surface area contributed by atoms with Gasteiger partial charge in [0.15, 0.2) is 5.60 Å². The molecule has 1 aromatic carbocycles. The minimum atomic E-state index is -1.98. The molecule has 3 N–H and O–H groups in total. The van der Waals surface area contributed by atoms with Crippen LogP contribution in [0.5, 0.6) is 0 Å². The molecule has 2 aliphatic rings. The van der Waals surface area contributed by atoms with E-state index < -0.39 is 41.9 Å². The number of hydrogen-bond donors (Lipinski definition) is 3. The first kappa shape index (κ1) is 19.4. The number of carbonyl (C=O) groups excluding carboxylic acids is 3. The van der Waals surface area contributed by atoms with E-state index in [2.05, 4.69) is 37.1 Å². The summed E-state index contributed by atoms with van der Waals surface area (Å²) in [5.41, 5.74) is 2.12. The van der Waals surface area contributed by atoms with Gasteiger partial charge in [-0.1, -0.05) is 15.9 Å². The van der Waals surface area contributed by atoms with Crippen LogP contribution in [0.15, 0.2) is 27.8 Å². The number of carbonyl (C=O) groups is 3. The Morgan fingerprint density at radius 1 is 1.43 bits per heavy atom. The van der Waals surface area contributed by atoms with E-state index in [0.29, 0.717) is 15.7 Å². The van der Waals surface area contributed by atoms with Crippen molar-refractivity contribution < 1.29 is 26.3 Å². The van der Waals surface area contributed by atoms with E-state index >= 15 is 0 Å². The van der Waals surface area contributed by atoms with Crippen molar-refractivity contribution in [2.24, 2.45) is 5.10 Å². The van der Waals surface area contributed by atoms with E-state index in [1.54, 1.807) is 0 Å². The first-order valence-corrected chi connectivity index (χ1v) is 10.1. The summed E-state index contributed by atoms with van der Waals surface area (Å²) in [5, 5.41) is 8.72. The minimum Gasteiger partial charge on any atom is -0.435 e. The van der Waals surface area contributed by atoms with Gasteiger partial charge in [-0.25, -0.2) is 14.6 Å². The highest BCUT2D eigenvalue weighted by molar-refractivity contribution is 9.10. The Morgan fingerprint density at radius 2 is 2.13 bits per heavy atom. The largest absolute Gasteiger partial charge is 0.435 e. The Balaban J connectivity index is 1.79. The van der Waals surface area contributed by atoms with E-state index in [9.17, 15) is 18.8 Å². The van der Waals surface area contributed by atoms with Crippen LogP contribution < -0.4 is 16.1 Å². The number of amides is 3. The van der Waals surface area contributed by atoms with Crippen molar-refractivity contribution in [3.63, 3.8) is 0 Å². The molecular weight excluding hydrogens is 461 g/mol. The first-order chi connectivity index (χ1) is 15.0. The Labute approximate surface area is 184 Å². The highest BCUT2D eigenvalue weighted by Gasteiger charge is 2.46. The molecule has 0 saturated carbocycles. The maximum Gasteiger partial charge on any atom is 0.428 e. The Morgan fingerprint density at radius 3 is 2.77 bits per heavy atom. The van der Waals surface area contributed by atoms with Crippen molar-refractivity contribution in [3.05, 3.63) is 34.1 Å². The number of nitrogens with one attached hydrogen (secondary N) is 3. The summed E-state index contributed by atoms with van der Waals surface area (Å²) in [6, 6.07) is 3.10. The van der Waals surface area contributed by atoms with Crippen molar-refractivity contribution in [2.45, 2.75) is 31.4 Å². The van der Waals surface area contributed by atoms with Crippen LogP contribution in [0.3, 0.4) is 0 Å². The van der Waals surface area contributed by atoms with Gasteiger partial charge in [0.25, 0.3) is 0 Å². The molecule has 162 valence electrons. The van der Waals surface area contributed by atoms with Crippen molar-refractivity contribution in [3.8, 4) is 0 Å². The zero-order valence-corrected chi connectivity index (χ0v) is 18.0. The summed E-state index contributed by atoms with van der Waals surface area (Å²) in [4.78, 5) is 36.8. The second kappa shape index (κ2) is 9.09. The second-order valence-corrected chi connectivity index (χ2v) is 7.82. The highest BCUT2D eigenvalue weighted by Crippen LogP contribution is 2.35. The van der Waals surface area contributed by atoms with Gasteiger partial charge >= 0.3 is 17.9 Å². The lowest BCUT2D eigenvalue weighted by Crippen LogP contribution is -2.57. The minimum absolute atomic E-state index is 0.179. The summed E-state index contributed by atoms with van der Waals surface area (Å²) < 4.78 is 36.6. The van der Waals surface area contributed by atoms with Crippen LogP contribution in [0.25, 0.3) is 0 Å². The molecule has 1 aromatic rings. The molecule has 0 aromatic heterocycles. The molecule has 3 rings (SSSR count). The molecule has 0 radical (unpaired) electrons. The molecule has 30 heavy (non-hydrogen) atoms. The number of halogens is 2. The summed E-state index contributed by atoms with van der Waals surface area (Å²) >= 11 is 3.32. The number of nitrogens with zero attached hydrogens (tertiary/aromatic N) is 2. The van der Waals surface area contributed by atoms with Gasteiger partial charge in [0, 0.05) is 58.3 Å². The molecule has 2 heterocycles. The number of hydrogen-bond acceptors (Lipinski definition) is 6. The van der Waals surface area contributed by atoms with Crippen LogP contribution in [0.2, 0.25) is 0 Å². The van der Waals surface area contributed by atoms with Gasteiger partial charge in [-0.15, -0.1) is 0 Å². The number of piperidine rings is 1. The fraction of sp³-hybridized carbons (Fsp3) is 0.474. The van der Waals surface area contributed by atoms with Gasteiger partial charge < -0.3 is 20.3 Å². The Hall–Kier alpha value is -2.53. The van der Waals surface area contributed by atoms with Crippen LogP contribution >= 0.6 is 15.9 Å². The number of ether oxygens (including phenoxy) is 1. The van der Waals surface area contributed by atoms with Crippen LogP contribution in [0.1, 0.15) is 28.1 Å². The molecule has 0 unspecified atom stereocenters. The van der Waals surface area contributed by atoms with Gasteiger partial charge in [0.2, 0.25) is 0 Å². The predicted molar refractivity (Wildman–Crippen MR) is 110 cm³/mol. The van der Waals surface area contributed by atoms with Crippen LogP contribution in [0.4, 0.5) is 9.18 Å². The summed E-state index contributed by atoms with van der Waals surface area (Å²) in [6.45, 7) is -0.148. The smallest absolute Gasteiger partial charge is 0.428 e. The first-order valence-electron chi connectivity index (χ1n) is 10.3. The predicted octanol–water partition coefficient (Wildman–Crippen LogP) is 1.12. The van der Waals surface area contributed by atoms with Gasteiger partial charge in [0.05, 0.1) is 0 Å². The van der Waals surface area contributed by atoms with Crippen LogP contribution in [0, 0.1) is 5.82 Å². The van der Waals surface area contributed by atoms with E-state index in [4.69, 9.17) is 7.48 Å². The van der Waals surface area contributed by atoms with Gasteiger partial charge in [-0.3, -0.25) is 9.59 Å². The normalized spacial score (nSPS) is 20.8. The molecular formula is C19H23BrFN5O4. The SMILES string of the molecule is [2H]C([2H])([C@H](C)NC(=O)C(=O)NC)N1CCC2(CC1)OC(=O)NN=C2c1ccc(F)cc1Br. The highest BCUT2D eigenvalue weighted by atomic mass is 79.9. The number of hydrazone groups is 1. The number of benzene rings is 1. The van der Waals surface area contributed by atoms with Crippen molar-refractivity contribution in [1.82, 2.24) is 21.0 Å². The standard InChI is InChI=1S/C19H23BrFN5O4/c1-11(23-17(28)16(27)22-2)10-26-7-5-19(6-8-26)15(24-25-18(29)30-19)13-4-3-12(21)9-14(13)20/h3-4,9,11H,5-8,10H2,1-2H3,(H,22,27)(H,23,28)(H,25,29)/t11-/m0/s1/i10D2. The monoisotopic (exact) mass is 485 g/mol. The lowest BCUT2D eigenvalue weighted by atomic mass is 9.82. The van der Waals surface area contributed by atoms with E-state index in [-0.39, 0.29) is 25.9 Å². The Kier molecular flexibility index (Phi) is 5.89. The number of rotatable bonds is 4. The Bertz CT molecular complexity index is 969. The molecule has 2 aliphatic heterocycles. The molecule has 9 nitrogen and oxygen atoms in total. The quantitative estimate of drug-likeness (QED) is 0.553. The average Bonchev–Trinajstić information content (AvgIpc) is 2.74. The van der Waals surface area contributed by atoms with Crippen LogP contribution in [-0.4, -0.2) is 66.8 Å². The van der Waals surface area contributed by atoms with Crippen molar-refractivity contribution in [2.75, 3.05) is 26.6 Å². The number of likely N-dealkylation sites (N-methyl/N-ethyl adjacent to an activating group) is 1. The molecule has 1 saturated heterocycles. The molecule has 1 fully saturated rings. The topological polar surface area (TPSA) is 112 Å². The maximum absolute atomic E-state index is 13.6. The maximum atomic E-state index is 13.6. The fourth-order valence-electron chi connectivity index (χ4n) is 3.46. The van der Waals surface area contributed by atoms with Crippen molar-refractivity contribution >= 4 is 39.5 Å². The van der Waals surface area contributed by atoms with Gasteiger partial charge in [-0.2, -0.15) is 5.10 Å². The molecule has 1 spiro atoms. The van der Waals surface area contributed by atoms with Crippen LogP contribution in [-0.2, 0) is 14.3 Å². The molecule has 1 atom stereocenters. The second-order valence-electron chi connectivity index (χ2n) is 6.97. The third-order valence-electron chi connectivity index (χ3n) is 4.89. The summed E-state index contributed by atoms with van der Waals surface area (Å²) in [6.07, 6.45) is -0.285. The van der Waals surface area contributed by atoms with Gasteiger partial charge in [-0.05, 0) is 25.1 Å². The molecule has 0 aliphatic carbocycles. The zero-order valence-electron chi connectivity index (χ0n) is 18.4. The van der Waals surface area contributed by atoms with E-state index in [1.807, 2.05) is 0 Å². The third kappa shape index (κ3) is 4.78.